The maximum atomic E-state index is 8.54. The molecule has 0 aromatic rings. The fourth-order valence-corrected chi connectivity index (χ4v) is 0. The van der Waals surface area contributed by atoms with Crippen LogP contribution in [0.1, 0.15) is 0 Å². The van der Waals surface area contributed by atoms with E-state index >= 15 is 0 Å². The molecular weight excluding hydrogens is 183 g/mol. The van der Waals surface area contributed by atoms with Gasteiger partial charge in [-0.25, -0.2) is 0 Å². The maximum Gasteiger partial charge on any atom is 2.00 e. The summed E-state index contributed by atoms with van der Waals surface area (Å²) in [7, 11) is 0. The zero-order chi connectivity index (χ0) is 3.58. The molecule has 0 aliphatic heterocycles. The van der Waals surface area contributed by atoms with E-state index in [4.69, 9.17) is 12.2 Å². The molecule has 5 heteroatoms. The standard InChI is InChI=1S/Fe.H2O3Se/c;1-4(2)3/h;(H2,1,2,3)/q+2;/p-2. The first kappa shape index (κ1) is 9.23. The summed E-state index contributed by atoms with van der Waals surface area (Å²) in [6.45, 7) is 0. The van der Waals surface area contributed by atoms with Crippen LogP contribution < -0.4 is 8.38 Å². The van der Waals surface area contributed by atoms with E-state index in [1.165, 1.54) is 0 Å². The van der Waals surface area contributed by atoms with Crippen molar-refractivity contribution < 1.29 is 29.3 Å². The van der Waals surface area contributed by atoms with Gasteiger partial charge in [0.1, 0.15) is 0 Å². The number of rotatable bonds is 0. The summed E-state index contributed by atoms with van der Waals surface area (Å²) in [5, 5.41) is 0. The summed E-state index contributed by atoms with van der Waals surface area (Å²) in [6, 6.07) is 0. The quantitative estimate of drug-likeness (QED) is 0.379. The van der Waals surface area contributed by atoms with Crippen LogP contribution in [0, 0.1) is 0 Å². The summed E-state index contributed by atoms with van der Waals surface area (Å²) in [5.74, 6) is 0. The Kier molecular flexibility index (Phi) is 8.79. The minimum atomic E-state index is -3.79. The van der Waals surface area contributed by atoms with Gasteiger partial charge >= 0.3 is 43.8 Å². The molecule has 0 unspecified atom stereocenters. The predicted octanol–water partition coefficient (Wildman–Crippen LogP) is -2.88. The normalized spacial score (nSPS) is 7.00. The molecule has 0 rings (SSSR count). The van der Waals surface area contributed by atoms with Crippen molar-refractivity contribution in [2.75, 3.05) is 0 Å². The summed E-state index contributed by atoms with van der Waals surface area (Å²) in [6.07, 6.45) is 0. The fourth-order valence-electron chi connectivity index (χ4n) is 0. The Hall–Kier alpha value is 0.759. The molecule has 0 N–H and O–H groups in total. The zero-order valence-electron chi connectivity index (χ0n) is 1.99. The first-order valence-electron chi connectivity index (χ1n) is 0.500. The Bertz CT molecular complexity index is 29.9. The molecular formula is FeO3Se. The molecule has 0 aromatic heterocycles. The van der Waals surface area contributed by atoms with Crippen LogP contribution in [-0.2, 0) is 20.9 Å². The SMILES string of the molecule is O=[Se]([O-])[O-].[Fe+2]. The van der Waals surface area contributed by atoms with Gasteiger partial charge in [0, 0.05) is 0 Å². The zero-order valence-corrected chi connectivity index (χ0v) is 4.80. The fraction of sp³-hybridized carbons (Fsp3) is 0. The first-order valence-corrected chi connectivity index (χ1v) is 2.60. The van der Waals surface area contributed by atoms with Crippen LogP contribution in [0.15, 0.2) is 0 Å². The van der Waals surface area contributed by atoms with E-state index in [1.54, 1.807) is 0 Å². The Morgan fingerprint density at radius 1 is 1.40 bits per heavy atom. The summed E-state index contributed by atoms with van der Waals surface area (Å²) < 4.78 is 25.6. The van der Waals surface area contributed by atoms with Crippen molar-refractivity contribution in [2.24, 2.45) is 0 Å². The Labute approximate surface area is 44.2 Å². The van der Waals surface area contributed by atoms with Crippen LogP contribution in [0.25, 0.3) is 0 Å². The van der Waals surface area contributed by atoms with Crippen LogP contribution in [0.5, 0.6) is 0 Å². The Morgan fingerprint density at radius 3 is 1.40 bits per heavy atom. The molecule has 0 amide bonds. The first-order chi connectivity index (χ1) is 1.73. The molecule has 0 aromatic carbocycles. The summed E-state index contributed by atoms with van der Waals surface area (Å²) in [5.41, 5.74) is 0. The van der Waals surface area contributed by atoms with Crippen LogP contribution >= 0.6 is 0 Å². The maximum absolute atomic E-state index is 8.54. The number of hydrogen-bond donors (Lipinski definition) is 0. The van der Waals surface area contributed by atoms with Gasteiger partial charge in [0.2, 0.25) is 0 Å². The third kappa shape index (κ3) is 62.9. The molecule has 0 aliphatic carbocycles. The van der Waals surface area contributed by atoms with Crippen LogP contribution in [-0.4, -0.2) is 14.5 Å². The topological polar surface area (TPSA) is 63.2 Å². The van der Waals surface area contributed by atoms with E-state index in [1.807, 2.05) is 0 Å². The van der Waals surface area contributed by atoms with Crippen molar-refractivity contribution in [2.45, 2.75) is 0 Å². The van der Waals surface area contributed by atoms with E-state index in [0.717, 1.165) is 0 Å². The third-order valence-electron chi connectivity index (χ3n) is 0. The molecule has 0 atom stereocenters. The van der Waals surface area contributed by atoms with E-state index in [-0.39, 0.29) is 17.1 Å². The Morgan fingerprint density at radius 2 is 1.40 bits per heavy atom. The van der Waals surface area contributed by atoms with Gasteiger partial charge in [0.25, 0.3) is 0 Å². The molecule has 0 aliphatic rings. The predicted molar refractivity (Wildman–Crippen MR) is 6.44 cm³/mol. The van der Waals surface area contributed by atoms with Crippen LogP contribution in [0.3, 0.4) is 0 Å². The van der Waals surface area contributed by atoms with Crippen molar-refractivity contribution in [1.29, 1.82) is 0 Å². The molecule has 0 saturated carbocycles. The van der Waals surface area contributed by atoms with Crippen molar-refractivity contribution in [1.82, 2.24) is 0 Å². The molecule has 32 valence electrons. The minimum Gasteiger partial charge on any atom is 2.00 e. The van der Waals surface area contributed by atoms with Gasteiger partial charge in [-0.15, -0.1) is 0 Å². The van der Waals surface area contributed by atoms with Crippen molar-refractivity contribution in [3.05, 3.63) is 0 Å². The largest absolute Gasteiger partial charge is 2.00 e. The molecule has 0 saturated heterocycles. The van der Waals surface area contributed by atoms with Crippen LogP contribution in [0.4, 0.5) is 0 Å². The van der Waals surface area contributed by atoms with Crippen molar-refractivity contribution in [3.63, 3.8) is 0 Å². The molecule has 0 fully saturated rings. The summed E-state index contributed by atoms with van der Waals surface area (Å²) in [4.78, 5) is 0. The molecule has 0 heterocycles. The van der Waals surface area contributed by atoms with E-state index in [9.17, 15) is 0 Å². The second-order valence-corrected chi connectivity index (χ2v) is 1.06. The smallest absolute Gasteiger partial charge is 2.00 e. The molecule has 0 spiro atoms. The van der Waals surface area contributed by atoms with E-state index < -0.39 is 14.5 Å². The van der Waals surface area contributed by atoms with Gasteiger partial charge in [0.15, 0.2) is 0 Å². The molecule has 0 radical (unpaired) electrons. The monoisotopic (exact) mass is 184 g/mol. The van der Waals surface area contributed by atoms with Gasteiger partial charge in [-0.2, -0.15) is 0 Å². The number of hydrogen-bond acceptors (Lipinski definition) is 3. The second kappa shape index (κ2) is 4.76. The van der Waals surface area contributed by atoms with E-state index in [0.29, 0.717) is 0 Å². The molecule has 0 bridgehead atoms. The van der Waals surface area contributed by atoms with Gasteiger partial charge in [-0.1, -0.05) is 0 Å². The Balaban J connectivity index is 0. The van der Waals surface area contributed by atoms with Gasteiger partial charge < -0.3 is 0 Å². The third-order valence-corrected chi connectivity index (χ3v) is 0. The van der Waals surface area contributed by atoms with Gasteiger partial charge in [0.05, 0.1) is 0 Å². The molecule has 5 heavy (non-hydrogen) atoms. The van der Waals surface area contributed by atoms with E-state index in [2.05, 4.69) is 0 Å². The average molecular weight is 183 g/mol. The molecule has 3 nitrogen and oxygen atoms in total. The second-order valence-electron chi connectivity index (χ2n) is 0.204. The van der Waals surface area contributed by atoms with Gasteiger partial charge in [-0.05, 0) is 0 Å². The summed E-state index contributed by atoms with van der Waals surface area (Å²) >= 11 is -3.79. The average Bonchev–Trinajstić information content (AvgIpc) is 0.811. The van der Waals surface area contributed by atoms with Gasteiger partial charge in [-0.3, -0.25) is 0 Å². The van der Waals surface area contributed by atoms with Crippen LogP contribution in [0.2, 0.25) is 0 Å². The van der Waals surface area contributed by atoms with Crippen molar-refractivity contribution >= 4 is 14.5 Å². The minimum absolute atomic E-state index is 0. The van der Waals surface area contributed by atoms with Crippen molar-refractivity contribution in [3.8, 4) is 0 Å².